The Balaban J connectivity index is 1.79. The van der Waals surface area contributed by atoms with Crippen molar-refractivity contribution < 1.29 is 19.1 Å². The molecular weight excluding hydrogens is 260 g/mol. The first-order valence-corrected chi connectivity index (χ1v) is 6.65. The first-order valence-electron chi connectivity index (χ1n) is 6.65. The Bertz CT molecular complexity index is 502. The summed E-state index contributed by atoms with van der Waals surface area (Å²) in [6.45, 7) is 3.14. The van der Waals surface area contributed by atoms with E-state index in [4.69, 9.17) is 9.47 Å². The van der Waals surface area contributed by atoms with E-state index >= 15 is 0 Å². The second-order valence-corrected chi connectivity index (χ2v) is 4.42. The fourth-order valence-corrected chi connectivity index (χ4v) is 1.78. The van der Waals surface area contributed by atoms with E-state index in [-0.39, 0.29) is 25.0 Å². The number of amides is 2. The summed E-state index contributed by atoms with van der Waals surface area (Å²) in [5, 5.41) is 5.45. The number of nitrogens with one attached hydrogen (secondary N) is 2. The minimum absolute atomic E-state index is 0.0576. The van der Waals surface area contributed by atoms with Gasteiger partial charge in [0.05, 0.1) is 0 Å². The SMILES string of the molecule is CCCNC(=O)CCNC(=O)c1ccc2c(c1)OCO2. The summed E-state index contributed by atoms with van der Waals surface area (Å²) in [5.41, 5.74) is 0.489. The van der Waals surface area contributed by atoms with Gasteiger partial charge < -0.3 is 20.1 Å². The van der Waals surface area contributed by atoms with Gasteiger partial charge in [-0.25, -0.2) is 0 Å². The molecule has 0 unspecified atom stereocenters. The third-order valence-corrected chi connectivity index (χ3v) is 2.84. The predicted octanol–water partition coefficient (Wildman–Crippen LogP) is 1.06. The zero-order chi connectivity index (χ0) is 14.4. The van der Waals surface area contributed by atoms with E-state index in [1.165, 1.54) is 0 Å². The van der Waals surface area contributed by atoms with Crippen molar-refractivity contribution in [2.24, 2.45) is 0 Å². The predicted molar refractivity (Wildman–Crippen MR) is 72.8 cm³/mol. The molecule has 1 heterocycles. The molecule has 0 aromatic heterocycles. The highest BCUT2D eigenvalue weighted by atomic mass is 16.7. The minimum atomic E-state index is -0.230. The molecule has 0 radical (unpaired) electrons. The monoisotopic (exact) mass is 278 g/mol. The van der Waals surface area contributed by atoms with Crippen LogP contribution in [0.15, 0.2) is 18.2 Å². The van der Waals surface area contributed by atoms with Crippen molar-refractivity contribution in [3.63, 3.8) is 0 Å². The van der Waals surface area contributed by atoms with Crippen LogP contribution in [-0.4, -0.2) is 31.7 Å². The van der Waals surface area contributed by atoms with E-state index in [0.717, 1.165) is 6.42 Å². The summed E-state index contributed by atoms with van der Waals surface area (Å²) in [7, 11) is 0. The van der Waals surface area contributed by atoms with Crippen molar-refractivity contribution in [1.29, 1.82) is 0 Å². The molecule has 0 atom stereocenters. The molecule has 0 bridgehead atoms. The van der Waals surface area contributed by atoms with Crippen LogP contribution in [-0.2, 0) is 4.79 Å². The van der Waals surface area contributed by atoms with Crippen LogP contribution in [0.5, 0.6) is 11.5 Å². The number of hydrogen-bond donors (Lipinski definition) is 2. The number of hydrogen-bond acceptors (Lipinski definition) is 4. The normalized spacial score (nSPS) is 12.1. The lowest BCUT2D eigenvalue weighted by molar-refractivity contribution is -0.120. The summed E-state index contributed by atoms with van der Waals surface area (Å²) in [4.78, 5) is 23.3. The number of benzene rings is 1. The van der Waals surface area contributed by atoms with Crippen molar-refractivity contribution in [2.45, 2.75) is 19.8 Å². The number of ether oxygens (including phenoxy) is 2. The van der Waals surface area contributed by atoms with Gasteiger partial charge in [-0.15, -0.1) is 0 Å². The van der Waals surface area contributed by atoms with E-state index in [0.29, 0.717) is 30.2 Å². The molecule has 6 nitrogen and oxygen atoms in total. The molecule has 0 saturated carbocycles. The highest BCUT2D eigenvalue weighted by Crippen LogP contribution is 2.32. The Morgan fingerprint density at radius 1 is 1.15 bits per heavy atom. The third-order valence-electron chi connectivity index (χ3n) is 2.84. The van der Waals surface area contributed by atoms with E-state index in [2.05, 4.69) is 10.6 Å². The van der Waals surface area contributed by atoms with Gasteiger partial charge in [-0.2, -0.15) is 0 Å². The van der Waals surface area contributed by atoms with Gasteiger partial charge in [-0.05, 0) is 24.6 Å². The molecule has 2 rings (SSSR count). The van der Waals surface area contributed by atoms with Gasteiger partial charge in [-0.3, -0.25) is 9.59 Å². The maximum atomic E-state index is 11.9. The van der Waals surface area contributed by atoms with Crippen molar-refractivity contribution in [1.82, 2.24) is 10.6 Å². The molecule has 1 aliphatic rings. The van der Waals surface area contributed by atoms with Crippen molar-refractivity contribution in [3.8, 4) is 11.5 Å². The zero-order valence-corrected chi connectivity index (χ0v) is 11.4. The Morgan fingerprint density at radius 3 is 2.75 bits per heavy atom. The van der Waals surface area contributed by atoms with Gasteiger partial charge in [0.25, 0.3) is 5.91 Å². The van der Waals surface area contributed by atoms with Gasteiger partial charge in [0.2, 0.25) is 12.7 Å². The first-order chi connectivity index (χ1) is 9.70. The highest BCUT2D eigenvalue weighted by molar-refractivity contribution is 5.95. The Kier molecular flexibility index (Phi) is 4.81. The van der Waals surface area contributed by atoms with Crippen molar-refractivity contribution >= 4 is 11.8 Å². The quantitative estimate of drug-likeness (QED) is 0.816. The van der Waals surface area contributed by atoms with Crippen LogP contribution in [0.4, 0.5) is 0 Å². The molecule has 0 fully saturated rings. The van der Waals surface area contributed by atoms with Crippen LogP contribution in [0.3, 0.4) is 0 Å². The lowest BCUT2D eigenvalue weighted by Gasteiger charge is -2.06. The first kappa shape index (κ1) is 14.2. The Morgan fingerprint density at radius 2 is 1.95 bits per heavy atom. The molecule has 1 aromatic rings. The van der Waals surface area contributed by atoms with Crippen molar-refractivity contribution in [2.75, 3.05) is 19.9 Å². The molecule has 108 valence electrons. The number of carbonyl (C=O) groups is 2. The molecule has 1 aromatic carbocycles. The van der Waals surface area contributed by atoms with E-state index in [1.807, 2.05) is 6.92 Å². The Hall–Kier alpha value is -2.24. The van der Waals surface area contributed by atoms with Crippen LogP contribution in [0, 0.1) is 0 Å². The zero-order valence-electron chi connectivity index (χ0n) is 11.4. The maximum absolute atomic E-state index is 11.9. The fraction of sp³-hybridized carbons (Fsp3) is 0.429. The molecule has 2 N–H and O–H groups in total. The van der Waals surface area contributed by atoms with E-state index in [9.17, 15) is 9.59 Å². The van der Waals surface area contributed by atoms with Crippen LogP contribution in [0.25, 0.3) is 0 Å². The number of fused-ring (bicyclic) bond motifs is 1. The lowest BCUT2D eigenvalue weighted by atomic mass is 10.2. The molecule has 1 aliphatic heterocycles. The summed E-state index contributed by atoms with van der Waals surface area (Å²) in [5.74, 6) is 0.920. The average molecular weight is 278 g/mol. The fourth-order valence-electron chi connectivity index (χ4n) is 1.78. The summed E-state index contributed by atoms with van der Waals surface area (Å²) in [6.07, 6.45) is 1.17. The minimum Gasteiger partial charge on any atom is -0.454 e. The maximum Gasteiger partial charge on any atom is 0.251 e. The van der Waals surface area contributed by atoms with Gasteiger partial charge in [-0.1, -0.05) is 6.92 Å². The number of rotatable bonds is 6. The number of carbonyl (C=O) groups excluding carboxylic acids is 2. The summed E-state index contributed by atoms with van der Waals surface area (Å²) < 4.78 is 10.4. The molecular formula is C14H18N2O4. The molecule has 20 heavy (non-hydrogen) atoms. The lowest BCUT2D eigenvalue weighted by Crippen LogP contribution is -2.31. The van der Waals surface area contributed by atoms with Gasteiger partial charge in [0.15, 0.2) is 11.5 Å². The van der Waals surface area contributed by atoms with E-state index < -0.39 is 0 Å². The molecule has 0 aliphatic carbocycles. The van der Waals surface area contributed by atoms with Crippen LogP contribution in [0.2, 0.25) is 0 Å². The van der Waals surface area contributed by atoms with Gasteiger partial charge in [0.1, 0.15) is 0 Å². The van der Waals surface area contributed by atoms with Gasteiger partial charge >= 0.3 is 0 Å². The summed E-state index contributed by atoms with van der Waals surface area (Å²) >= 11 is 0. The third kappa shape index (κ3) is 3.63. The largest absolute Gasteiger partial charge is 0.454 e. The second kappa shape index (κ2) is 6.79. The molecule has 0 spiro atoms. The molecule has 6 heteroatoms. The van der Waals surface area contributed by atoms with E-state index in [1.54, 1.807) is 18.2 Å². The topological polar surface area (TPSA) is 76.7 Å². The highest BCUT2D eigenvalue weighted by Gasteiger charge is 2.16. The summed E-state index contributed by atoms with van der Waals surface area (Å²) in [6, 6.07) is 5.00. The van der Waals surface area contributed by atoms with Gasteiger partial charge in [0, 0.05) is 25.1 Å². The van der Waals surface area contributed by atoms with Crippen molar-refractivity contribution in [3.05, 3.63) is 23.8 Å². The standard InChI is InChI=1S/C14H18N2O4/c1-2-6-15-13(17)5-7-16-14(18)10-3-4-11-12(8-10)20-9-19-11/h3-4,8H,2,5-7,9H2,1H3,(H,15,17)(H,16,18). The van der Waals surface area contributed by atoms with Crippen LogP contribution >= 0.6 is 0 Å². The van der Waals surface area contributed by atoms with Crippen LogP contribution < -0.4 is 20.1 Å². The second-order valence-electron chi connectivity index (χ2n) is 4.42. The average Bonchev–Trinajstić information content (AvgIpc) is 2.92. The van der Waals surface area contributed by atoms with Crippen LogP contribution in [0.1, 0.15) is 30.1 Å². The smallest absolute Gasteiger partial charge is 0.251 e. The molecule has 0 saturated heterocycles. The molecule has 2 amide bonds. The Labute approximate surface area is 117 Å².